The first kappa shape index (κ1) is 17.2. The van der Waals surface area contributed by atoms with Gasteiger partial charge in [-0.05, 0) is 42.9 Å². The molecule has 1 saturated heterocycles. The van der Waals surface area contributed by atoms with Crippen LogP contribution in [0, 0.1) is 22.7 Å². The summed E-state index contributed by atoms with van der Waals surface area (Å²) in [5.74, 6) is 0.259. The Labute approximate surface area is 165 Å². The van der Waals surface area contributed by atoms with Gasteiger partial charge in [0.25, 0.3) is 0 Å². The van der Waals surface area contributed by atoms with Gasteiger partial charge < -0.3 is 9.47 Å². The molecule has 0 aromatic heterocycles. The lowest BCUT2D eigenvalue weighted by Crippen LogP contribution is -2.56. The van der Waals surface area contributed by atoms with Crippen molar-refractivity contribution >= 4 is 5.78 Å². The standard InChI is InChI=1S/C24H27FO3/c1-21-10-4-5-11-23(21)12-13-24(21,14-6-8-15(27-3)9-7-14)16-17(26)18-20(28-18)22(2,25)19(16)23/h6-9,12-13,16,18-20H,4-5,10-11H2,1-3H3/t16-,18-,19-,20-,21+,22-,23+,24+/m1/s1. The van der Waals surface area contributed by atoms with E-state index < -0.39 is 23.3 Å². The van der Waals surface area contributed by atoms with Crippen LogP contribution >= 0.6 is 0 Å². The summed E-state index contributed by atoms with van der Waals surface area (Å²) in [5.41, 5.74) is -1.24. The molecule has 5 aliphatic rings. The first-order chi connectivity index (χ1) is 13.3. The molecule has 0 unspecified atom stereocenters. The van der Waals surface area contributed by atoms with Crippen molar-refractivity contribution in [2.75, 3.05) is 7.11 Å². The molecule has 0 N–H and O–H groups in total. The van der Waals surface area contributed by atoms with Crippen LogP contribution in [-0.2, 0) is 14.9 Å². The number of hydrogen-bond donors (Lipinski definition) is 0. The molecule has 4 aliphatic carbocycles. The number of carbonyl (C=O) groups is 1. The number of Topliss-reactive ketones (excluding diaryl/α,β-unsaturated/α-hetero) is 1. The van der Waals surface area contributed by atoms with Crippen molar-refractivity contribution in [3.8, 4) is 5.75 Å². The molecule has 4 fully saturated rings. The maximum Gasteiger partial charge on any atom is 0.169 e. The molecule has 1 aromatic rings. The molecule has 6 rings (SSSR count). The maximum atomic E-state index is 16.3. The predicted octanol–water partition coefficient (Wildman–Crippen LogP) is 4.39. The highest BCUT2D eigenvalue weighted by Gasteiger charge is 2.85. The zero-order valence-electron chi connectivity index (χ0n) is 16.7. The molecular formula is C24H27FO3. The first-order valence-electron chi connectivity index (χ1n) is 10.6. The number of methoxy groups -OCH3 is 1. The normalized spacial score (nSPS) is 52.8. The Hall–Kier alpha value is -1.68. The summed E-state index contributed by atoms with van der Waals surface area (Å²) >= 11 is 0. The molecule has 28 heavy (non-hydrogen) atoms. The molecule has 8 atom stereocenters. The number of benzene rings is 1. The van der Waals surface area contributed by atoms with E-state index in [2.05, 4.69) is 31.2 Å². The van der Waals surface area contributed by atoms with Crippen LogP contribution in [0.3, 0.4) is 0 Å². The molecular weight excluding hydrogens is 355 g/mol. The minimum absolute atomic E-state index is 0.125. The second kappa shape index (κ2) is 4.89. The number of allylic oxidation sites excluding steroid dienone is 2. The van der Waals surface area contributed by atoms with E-state index in [4.69, 9.17) is 9.47 Å². The first-order valence-corrected chi connectivity index (χ1v) is 10.6. The van der Waals surface area contributed by atoms with E-state index in [0.29, 0.717) is 0 Å². The van der Waals surface area contributed by atoms with Crippen LogP contribution in [0.25, 0.3) is 0 Å². The van der Waals surface area contributed by atoms with Gasteiger partial charge in [-0.1, -0.05) is 44.1 Å². The van der Waals surface area contributed by atoms with E-state index in [1.165, 1.54) is 0 Å². The Balaban J connectivity index is 1.63. The molecule has 1 aliphatic heterocycles. The van der Waals surface area contributed by atoms with Gasteiger partial charge in [-0.3, -0.25) is 4.79 Å². The van der Waals surface area contributed by atoms with E-state index in [1.807, 2.05) is 12.1 Å². The summed E-state index contributed by atoms with van der Waals surface area (Å²) < 4.78 is 27.3. The molecule has 148 valence electrons. The molecule has 1 heterocycles. The Morgan fingerprint density at radius 3 is 2.54 bits per heavy atom. The van der Waals surface area contributed by atoms with Gasteiger partial charge in [0.1, 0.15) is 23.6 Å². The number of epoxide rings is 1. The molecule has 2 bridgehead atoms. The number of ether oxygens (including phenoxy) is 2. The van der Waals surface area contributed by atoms with Gasteiger partial charge in [0, 0.05) is 22.7 Å². The molecule has 3 saturated carbocycles. The lowest BCUT2D eigenvalue weighted by molar-refractivity contribution is -0.133. The Morgan fingerprint density at radius 2 is 1.82 bits per heavy atom. The SMILES string of the molecule is COc1ccc([C@]23C=C[C@@]4(CCCC[C@]24C)[C@@H]2[C@H]3C(=O)[C@H]3O[C@H]3[C@]2(C)F)cc1. The largest absolute Gasteiger partial charge is 0.497 e. The van der Waals surface area contributed by atoms with Crippen molar-refractivity contribution in [3.63, 3.8) is 0 Å². The minimum atomic E-state index is -1.47. The van der Waals surface area contributed by atoms with Crippen molar-refractivity contribution in [2.45, 2.75) is 62.8 Å². The number of carbonyl (C=O) groups excluding carboxylic acids is 1. The van der Waals surface area contributed by atoms with Crippen LogP contribution < -0.4 is 4.74 Å². The highest BCUT2D eigenvalue weighted by atomic mass is 19.1. The van der Waals surface area contributed by atoms with Crippen molar-refractivity contribution in [1.29, 1.82) is 0 Å². The Kier molecular flexibility index (Phi) is 3.01. The summed E-state index contributed by atoms with van der Waals surface area (Å²) in [7, 11) is 1.66. The molecule has 3 nitrogen and oxygen atoms in total. The quantitative estimate of drug-likeness (QED) is 0.562. The van der Waals surface area contributed by atoms with Crippen LogP contribution in [-0.4, -0.2) is 30.8 Å². The highest BCUT2D eigenvalue weighted by Crippen LogP contribution is 2.82. The van der Waals surface area contributed by atoms with Gasteiger partial charge >= 0.3 is 0 Å². The smallest absolute Gasteiger partial charge is 0.169 e. The second-order valence-electron chi connectivity index (χ2n) is 10.00. The fraction of sp³-hybridized carbons (Fsp3) is 0.625. The summed E-state index contributed by atoms with van der Waals surface area (Å²) in [6, 6.07) is 8.11. The third-order valence-electron chi connectivity index (χ3n) is 9.29. The number of fused-ring (bicyclic) bond motifs is 3. The average molecular weight is 382 g/mol. The van der Waals surface area contributed by atoms with Crippen molar-refractivity contribution < 1.29 is 18.7 Å². The van der Waals surface area contributed by atoms with Crippen LogP contribution in [0.4, 0.5) is 4.39 Å². The summed E-state index contributed by atoms with van der Waals surface area (Å²) in [6.07, 6.45) is 7.69. The maximum absolute atomic E-state index is 16.3. The Bertz CT molecular complexity index is 905. The fourth-order valence-corrected chi connectivity index (χ4v) is 8.13. The van der Waals surface area contributed by atoms with Crippen molar-refractivity contribution in [3.05, 3.63) is 42.0 Å². The number of hydrogen-bond acceptors (Lipinski definition) is 3. The van der Waals surface area contributed by atoms with E-state index in [-0.39, 0.29) is 28.4 Å². The monoisotopic (exact) mass is 382 g/mol. The van der Waals surface area contributed by atoms with Crippen LogP contribution in [0.2, 0.25) is 0 Å². The second-order valence-corrected chi connectivity index (χ2v) is 10.00. The predicted molar refractivity (Wildman–Crippen MR) is 103 cm³/mol. The third kappa shape index (κ3) is 1.55. The zero-order chi connectivity index (χ0) is 19.5. The van der Waals surface area contributed by atoms with Gasteiger partial charge in [0.2, 0.25) is 0 Å². The fourth-order valence-electron chi connectivity index (χ4n) is 8.13. The van der Waals surface area contributed by atoms with E-state index >= 15 is 4.39 Å². The third-order valence-corrected chi connectivity index (χ3v) is 9.29. The van der Waals surface area contributed by atoms with Gasteiger partial charge in [0.05, 0.1) is 7.11 Å². The molecule has 1 aromatic carbocycles. The van der Waals surface area contributed by atoms with Crippen molar-refractivity contribution in [2.24, 2.45) is 22.7 Å². The summed E-state index contributed by atoms with van der Waals surface area (Å²) in [4.78, 5) is 13.6. The highest BCUT2D eigenvalue weighted by molar-refractivity contribution is 5.93. The van der Waals surface area contributed by atoms with Crippen LogP contribution in [0.5, 0.6) is 5.75 Å². The Morgan fingerprint density at radius 1 is 1.11 bits per heavy atom. The molecule has 0 spiro atoms. The lowest BCUT2D eigenvalue weighted by Gasteiger charge is -2.51. The lowest BCUT2D eigenvalue weighted by atomic mass is 9.52. The number of halogens is 1. The zero-order valence-corrected chi connectivity index (χ0v) is 16.7. The van der Waals surface area contributed by atoms with Crippen molar-refractivity contribution in [1.82, 2.24) is 0 Å². The van der Waals surface area contributed by atoms with E-state index in [0.717, 1.165) is 37.0 Å². The number of alkyl halides is 1. The summed E-state index contributed by atoms with van der Waals surface area (Å²) in [5, 5.41) is 0. The molecule has 0 amide bonds. The van der Waals surface area contributed by atoms with Gasteiger partial charge in [-0.15, -0.1) is 0 Å². The van der Waals surface area contributed by atoms with Crippen LogP contribution in [0.15, 0.2) is 36.4 Å². The van der Waals surface area contributed by atoms with E-state index in [9.17, 15) is 4.79 Å². The number of ketones is 1. The average Bonchev–Trinajstić information content (AvgIpc) is 3.43. The van der Waals surface area contributed by atoms with Crippen LogP contribution in [0.1, 0.15) is 45.1 Å². The molecule has 0 radical (unpaired) electrons. The minimum Gasteiger partial charge on any atom is -0.497 e. The van der Waals surface area contributed by atoms with Gasteiger partial charge in [-0.2, -0.15) is 0 Å². The number of rotatable bonds is 2. The summed E-state index contributed by atoms with van der Waals surface area (Å²) in [6.45, 7) is 4.02. The topological polar surface area (TPSA) is 38.8 Å². The van der Waals surface area contributed by atoms with Gasteiger partial charge in [-0.25, -0.2) is 4.39 Å². The molecule has 4 heteroatoms. The van der Waals surface area contributed by atoms with Gasteiger partial charge in [0.15, 0.2) is 5.78 Å². The van der Waals surface area contributed by atoms with E-state index in [1.54, 1.807) is 14.0 Å².